The van der Waals surface area contributed by atoms with Gasteiger partial charge in [-0.2, -0.15) is 0 Å². The molecule has 0 saturated heterocycles. The van der Waals surface area contributed by atoms with E-state index in [0.29, 0.717) is 31.9 Å². The van der Waals surface area contributed by atoms with Gasteiger partial charge in [-0.3, -0.25) is 9.59 Å². The molecule has 0 atom stereocenters. The van der Waals surface area contributed by atoms with Gasteiger partial charge in [-0.1, -0.05) is 23.7 Å². The molecular formula is C14H7BrClNO2. The number of carbonyl (C=O) groups excluding carboxylic acids is 2. The van der Waals surface area contributed by atoms with Crippen LogP contribution in [0.4, 0.5) is 5.69 Å². The molecule has 0 saturated carbocycles. The van der Waals surface area contributed by atoms with Crippen LogP contribution >= 0.6 is 27.5 Å². The maximum atomic E-state index is 12.4. The maximum Gasteiger partial charge on any atom is 0.196 e. The highest BCUT2D eigenvalue weighted by Gasteiger charge is 2.31. The fraction of sp³-hybridized carbons (Fsp3) is 0. The van der Waals surface area contributed by atoms with Gasteiger partial charge in [0.2, 0.25) is 0 Å². The number of benzene rings is 2. The highest BCUT2D eigenvalue weighted by molar-refractivity contribution is 9.10. The first-order valence-corrected chi connectivity index (χ1v) is 6.64. The number of nitrogen functional groups attached to an aromatic ring is 1. The Balaban J connectivity index is 2.36. The Morgan fingerprint density at radius 2 is 1.68 bits per heavy atom. The number of hydrogen-bond donors (Lipinski definition) is 1. The molecule has 0 heterocycles. The number of ketones is 2. The number of carbonyl (C=O) groups is 2. The molecule has 0 fully saturated rings. The second kappa shape index (κ2) is 4.18. The Labute approximate surface area is 122 Å². The molecule has 1 aliphatic carbocycles. The van der Waals surface area contributed by atoms with Crippen LogP contribution in [0.15, 0.2) is 34.8 Å². The highest BCUT2D eigenvalue weighted by Crippen LogP contribution is 2.35. The molecule has 94 valence electrons. The van der Waals surface area contributed by atoms with Crippen LogP contribution in [0.25, 0.3) is 0 Å². The molecule has 1 aliphatic rings. The quantitative estimate of drug-likeness (QED) is 0.640. The van der Waals surface area contributed by atoms with Gasteiger partial charge in [0.15, 0.2) is 11.6 Å². The van der Waals surface area contributed by atoms with Gasteiger partial charge in [-0.15, -0.1) is 0 Å². The largest absolute Gasteiger partial charge is 0.398 e. The van der Waals surface area contributed by atoms with Crippen LogP contribution in [0.3, 0.4) is 0 Å². The minimum Gasteiger partial charge on any atom is -0.398 e. The van der Waals surface area contributed by atoms with E-state index in [9.17, 15) is 9.59 Å². The third-order valence-corrected chi connectivity index (χ3v) is 4.32. The molecule has 0 amide bonds. The lowest BCUT2D eigenvalue weighted by molar-refractivity contribution is 0.0979. The topological polar surface area (TPSA) is 60.2 Å². The van der Waals surface area contributed by atoms with E-state index in [1.54, 1.807) is 24.3 Å². The number of anilines is 1. The van der Waals surface area contributed by atoms with Crippen molar-refractivity contribution in [2.45, 2.75) is 0 Å². The third-order valence-electron chi connectivity index (χ3n) is 3.12. The van der Waals surface area contributed by atoms with Crippen molar-refractivity contribution in [1.82, 2.24) is 0 Å². The lowest BCUT2D eigenvalue weighted by atomic mass is 9.83. The first-order chi connectivity index (χ1) is 9.00. The van der Waals surface area contributed by atoms with Gasteiger partial charge in [-0.25, -0.2) is 0 Å². The smallest absolute Gasteiger partial charge is 0.196 e. The summed E-state index contributed by atoms with van der Waals surface area (Å²) in [6.45, 7) is 0. The first-order valence-electron chi connectivity index (χ1n) is 5.47. The van der Waals surface area contributed by atoms with E-state index >= 15 is 0 Å². The molecule has 0 bridgehead atoms. The SMILES string of the molecule is Nc1cccc2c1C(=O)c1cc(Cl)c(Br)cc1C2=O. The van der Waals surface area contributed by atoms with Crippen LogP contribution in [0.2, 0.25) is 5.02 Å². The lowest BCUT2D eigenvalue weighted by Crippen LogP contribution is -2.22. The van der Waals surface area contributed by atoms with E-state index in [-0.39, 0.29) is 17.1 Å². The Bertz CT molecular complexity index is 755. The standard InChI is InChI=1S/C14H7BrClNO2/c15-9-4-7-8(5-10(9)16)14(19)12-6(13(7)18)2-1-3-11(12)17/h1-5H,17H2. The van der Waals surface area contributed by atoms with Crippen molar-refractivity contribution in [3.8, 4) is 0 Å². The summed E-state index contributed by atoms with van der Waals surface area (Å²) in [7, 11) is 0. The number of nitrogens with two attached hydrogens (primary N) is 1. The van der Waals surface area contributed by atoms with E-state index < -0.39 is 0 Å². The van der Waals surface area contributed by atoms with Crippen molar-refractivity contribution >= 4 is 44.8 Å². The predicted octanol–water partition coefficient (Wildman–Crippen LogP) is 3.46. The zero-order chi connectivity index (χ0) is 13.7. The molecule has 5 heteroatoms. The molecule has 3 rings (SSSR count). The average molecular weight is 337 g/mol. The normalized spacial score (nSPS) is 13.2. The maximum absolute atomic E-state index is 12.4. The number of fused-ring (bicyclic) bond motifs is 2. The van der Waals surface area contributed by atoms with Crippen molar-refractivity contribution in [3.63, 3.8) is 0 Å². The van der Waals surface area contributed by atoms with Crippen LogP contribution in [0.1, 0.15) is 31.8 Å². The Kier molecular flexibility index (Phi) is 2.73. The second-order valence-corrected chi connectivity index (χ2v) is 5.50. The molecule has 19 heavy (non-hydrogen) atoms. The van der Waals surface area contributed by atoms with Crippen LogP contribution in [0, 0.1) is 0 Å². The van der Waals surface area contributed by atoms with Crippen LogP contribution in [-0.4, -0.2) is 11.6 Å². The van der Waals surface area contributed by atoms with E-state index in [0.717, 1.165) is 0 Å². The summed E-state index contributed by atoms with van der Waals surface area (Å²) in [5, 5.41) is 0.387. The van der Waals surface area contributed by atoms with Gasteiger partial charge in [0.1, 0.15) is 0 Å². The number of halogens is 2. The lowest BCUT2D eigenvalue weighted by Gasteiger charge is -2.19. The fourth-order valence-corrected chi connectivity index (χ4v) is 2.72. The zero-order valence-electron chi connectivity index (χ0n) is 9.54. The summed E-state index contributed by atoms with van der Waals surface area (Å²) in [6, 6.07) is 7.95. The van der Waals surface area contributed by atoms with Crippen molar-refractivity contribution < 1.29 is 9.59 Å². The van der Waals surface area contributed by atoms with Gasteiger partial charge in [0.25, 0.3) is 0 Å². The highest BCUT2D eigenvalue weighted by atomic mass is 79.9. The second-order valence-electron chi connectivity index (χ2n) is 4.24. The zero-order valence-corrected chi connectivity index (χ0v) is 11.9. The average Bonchev–Trinajstić information content (AvgIpc) is 2.38. The summed E-state index contributed by atoms with van der Waals surface area (Å²) in [5.74, 6) is -0.480. The molecule has 0 aromatic heterocycles. The summed E-state index contributed by atoms with van der Waals surface area (Å²) >= 11 is 9.24. The Morgan fingerprint density at radius 3 is 2.42 bits per heavy atom. The summed E-state index contributed by atoms with van der Waals surface area (Å²) in [4.78, 5) is 24.8. The molecule has 2 aromatic carbocycles. The molecule has 0 unspecified atom stereocenters. The minimum atomic E-state index is -0.267. The monoisotopic (exact) mass is 335 g/mol. The molecule has 2 N–H and O–H groups in total. The third kappa shape index (κ3) is 1.71. The molecular weight excluding hydrogens is 330 g/mol. The number of hydrogen-bond acceptors (Lipinski definition) is 3. The van der Waals surface area contributed by atoms with Crippen molar-refractivity contribution in [2.75, 3.05) is 5.73 Å². The molecule has 0 spiro atoms. The predicted molar refractivity (Wildman–Crippen MR) is 76.9 cm³/mol. The van der Waals surface area contributed by atoms with E-state index in [2.05, 4.69) is 15.9 Å². The summed E-state index contributed by atoms with van der Waals surface area (Å²) < 4.78 is 0.585. The van der Waals surface area contributed by atoms with Crippen LogP contribution in [-0.2, 0) is 0 Å². The Morgan fingerprint density at radius 1 is 1.00 bits per heavy atom. The summed E-state index contributed by atoms with van der Waals surface area (Å²) in [6.07, 6.45) is 0. The van der Waals surface area contributed by atoms with Gasteiger partial charge >= 0.3 is 0 Å². The van der Waals surface area contributed by atoms with Crippen molar-refractivity contribution in [3.05, 3.63) is 62.1 Å². The van der Waals surface area contributed by atoms with Crippen LogP contribution in [0.5, 0.6) is 0 Å². The molecule has 3 nitrogen and oxygen atoms in total. The van der Waals surface area contributed by atoms with Gasteiger partial charge in [-0.05, 0) is 34.1 Å². The van der Waals surface area contributed by atoms with E-state index in [1.165, 1.54) is 6.07 Å². The minimum absolute atomic E-state index is 0.214. The van der Waals surface area contributed by atoms with Crippen molar-refractivity contribution in [2.24, 2.45) is 0 Å². The van der Waals surface area contributed by atoms with E-state index in [1.807, 2.05) is 0 Å². The Hall–Kier alpha value is -1.65. The van der Waals surface area contributed by atoms with Gasteiger partial charge in [0, 0.05) is 26.9 Å². The molecule has 0 aliphatic heterocycles. The van der Waals surface area contributed by atoms with Crippen LogP contribution < -0.4 is 5.73 Å². The number of rotatable bonds is 0. The fourth-order valence-electron chi connectivity index (χ4n) is 2.22. The first kappa shape index (κ1) is 12.4. The molecule has 0 radical (unpaired) electrons. The molecule has 2 aromatic rings. The summed E-state index contributed by atoms with van der Waals surface area (Å²) in [5.41, 5.74) is 7.35. The van der Waals surface area contributed by atoms with E-state index in [4.69, 9.17) is 17.3 Å². The van der Waals surface area contributed by atoms with Gasteiger partial charge in [0.05, 0.1) is 10.6 Å². The van der Waals surface area contributed by atoms with Gasteiger partial charge < -0.3 is 5.73 Å². The van der Waals surface area contributed by atoms with Crippen molar-refractivity contribution in [1.29, 1.82) is 0 Å².